The van der Waals surface area contributed by atoms with Gasteiger partial charge in [0, 0.05) is 23.6 Å². The summed E-state index contributed by atoms with van der Waals surface area (Å²) < 4.78 is 0. The Balaban J connectivity index is 2.27. The van der Waals surface area contributed by atoms with Crippen LogP contribution in [-0.4, -0.2) is 56.4 Å². The smallest absolute Gasteiger partial charge is 0.151 e. The van der Waals surface area contributed by atoms with Crippen molar-refractivity contribution < 1.29 is 10.2 Å². The molecular weight excluding hydrogens is 278 g/mol. The van der Waals surface area contributed by atoms with Crippen molar-refractivity contribution in [2.24, 2.45) is 0 Å². The molecule has 0 saturated heterocycles. The summed E-state index contributed by atoms with van der Waals surface area (Å²) in [6.07, 6.45) is 5.13. The number of rotatable bonds is 7. The number of nitrogens with one attached hydrogen (secondary N) is 2. The fourth-order valence-electron chi connectivity index (χ4n) is 2.12. The standard InChI is InChI=1S/C12H19N5O2S/c1-20-5-7(3-18)17-9(4-19)8-2-14-11-10(8)15-6-16-12(11)13/h2,6-7,9,14,17-19H,3-5H2,1H3,(H2,13,15,16)/t7-,9-/m0/s1. The highest BCUT2D eigenvalue weighted by molar-refractivity contribution is 7.98. The maximum Gasteiger partial charge on any atom is 0.151 e. The van der Waals surface area contributed by atoms with Crippen molar-refractivity contribution in [3.8, 4) is 0 Å². The minimum Gasteiger partial charge on any atom is -0.395 e. The fraction of sp³-hybridized carbons (Fsp3) is 0.500. The van der Waals surface area contributed by atoms with Crippen LogP contribution in [0.15, 0.2) is 12.5 Å². The van der Waals surface area contributed by atoms with Gasteiger partial charge in [-0.3, -0.25) is 0 Å². The van der Waals surface area contributed by atoms with Gasteiger partial charge in [0.05, 0.1) is 24.8 Å². The van der Waals surface area contributed by atoms with E-state index in [1.165, 1.54) is 6.33 Å². The maximum atomic E-state index is 9.60. The van der Waals surface area contributed by atoms with Crippen molar-refractivity contribution in [3.63, 3.8) is 0 Å². The van der Waals surface area contributed by atoms with E-state index in [2.05, 4.69) is 20.3 Å². The van der Waals surface area contributed by atoms with Crippen LogP contribution in [0.5, 0.6) is 0 Å². The van der Waals surface area contributed by atoms with Crippen molar-refractivity contribution in [1.82, 2.24) is 20.3 Å². The maximum absolute atomic E-state index is 9.60. The zero-order valence-corrected chi connectivity index (χ0v) is 12.0. The molecule has 110 valence electrons. The molecular formula is C12H19N5O2S. The van der Waals surface area contributed by atoms with E-state index < -0.39 is 0 Å². The summed E-state index contributed by atoms with van der Waals surface area (Å²) in [6, 6.07) is -0.409. The lowest BCUT2D eigenvalue weighted by atomic mass is 10.1. The molecule has 2 rings (SSSR count). The lowest BCUT2D eigenvalue weighted by molar-refractivity contribution is 0.202. The molecule has 0 radical (unpaired) electrons. The Morgan fingerprint density at radius 3 is 2.85 bits per heavy atom. The van der Waals surface area contributed by atoms with Gasteiger partial charge in [0.15, 0.2) is 5.82 Å². The van der Waals surface area contributed by atoms with E-state index >= 15 is 0 Å². The summed E-state index contributed by atoms with van der Waals surface area (Å²) in [5.41, 5.74) is 7.94. The number of anilines is 1. The third kappa shape index (κ3) is 3.04. The molecule has 0 amide bonds. The topological polar surface area (TPSA) is 120 Å². The molecule has 0 aromatic carbocycles. The van der Waals surface area contributed by atoms with Gasteiger partial charge in [0.25, 0.3) is 0 Å². The van der Waals surface area contributed by atoms with Crippen LogP contribution in [0.4, 0.5) is 5.82 Å². The van der Waals surface area contributed by atoms with Crippen molar-refractivity contribution >= 4 is 28.6 Å². The third-order valence-corrected chi connectivity index (χ3v) is 3.84. The second-order valence-electron chi connectivity index (χ2n) is 4.46. The summed E-state index contributed by atoms with van der Waals surface area (Å²) in [5, 5.41) is 22.2. The van der Waals surface area contributed by atoms with Gasteiger partial charge >= 0.3 is 0 Å². The molecule has 7 nitrogen and oxygen atoms in total. The quantitative estimate of drug-likeness (QED) is 0.483. The van der Waals surface area contributed by atoms with Gasteiger partial charge in [-0.15, -0.1) is 0 Å². The summed E-state index contributed by atoms with van der Waals surface area (Å²) in [7, 11) is 0. The monoisotopic (exact) mass is 297 g/mol. The lowest BCUT2D eigenvalue weighted by Gasteiger charge is -2.22. The number of H-pyrrole nitrogens is 1. The number of aromatic nitrogens is 3. The first-order chi connectivity index (χ1) is 9.71. The molecule has 0 saturated carbocycles. The molecule has 0 unspecified atom stereocenters. The summed E-state index contributed by atoms with van der Waals surface area (Å²) in [5.74, 6) is 1.13. The molecule has 8 heteroatoms. The van der Waals surface area contributed by atoms with Crippen molar-refractivity contribution in [2.45, 2.75) is 12.1 Å². The molecule has 0 aliphatic heterocycles. The lowest BCUT2D eigenvalue weighted by Crippen LogP contribution is -2.39. The minimum atomic E-state index is -0.317. The van der Waals surface area contributed by atoms with Crippen molar-refractivity contribution in [3.05, 3.63) is 18.1 Å². The van der Waals surface area contributed by atoms with Crippen LogP contribution in [0, 0.1) is 0 Å². The Morgan fingerprint density at radius 2 is 2.20 bits per heavy atom. The Morgan fingerprint density at radius 1 is 1.40 bits per heavy atom. The summed E-state index contributed by atoms with van der Waals surface area (Å²) >= 11 is 1.63. The molecule has 20 heavy (non-hydrogen) atoms. The first kappa shape index (κ1) is 15.0. The molecule has 2 aromatic heterocycles. The SMILES string of the molecule is CSC[C@H](CO)N[C@@H](CO)c1c[nH]c2c(N)ncnc12. The molecule has 2 aromatic rings. The van der Waals surface area contributed by atoms with Gasteiger partial charge in [-0.05, 0) is 6.26 Å². The highest BCUT2D eigenvalue weighted by Gasteiger charge is 2.20. The molecule has 0 fully saturated rings. The highest BCUT2D eigenvalue weighted by Crippen LogP contribution is 2.24. The largest absolute Gasteiger partial charge is 0.395 e. The number of thioether (sulfide) groups is 1. The number of aliphatic hydroxyl groups excluding tert-OH is 2. The van der Waals surface area contributed by atoms with E-state index in [0.29, 0.717) is 16.9 Å². The molecule has 2 atom stereocenters. The number of aromatic amines is 1. The fourth-order valence-corrected chi connectivity index (χ4v) is 2.73. The second-order valence-corrected chi connectivity index (χ2v) is 5.37. The van der Waals surface area contributed by atoms with Crippen LogP contribution in [0.2, 0.25) is 0 Å². The van der Waals surface area contributed by atoms with Gasteiger partial charge in [-0.2, -0.15) is 11.8 Å². The predicted molar refractivity (Wildman–Crippen MR) is 80.5 cm³/mol. The van der Waals surface area contributed by atoms with Crippen LogP contribution in [-0.2, 0) is 0 Å². The Hall–Kier alpha value is -1.35. The van der Waals surface area contributed by atoms with E-state index in [1.54, 1.807) is 18.0 Å². The van der Waals surface area contributed by atoms with Crippen LogP contribution >= 0.6 is 11.8 Å². The molecule has 2 heterocycles. The Labute approximate surface area is 121 Å². The van der Waals surface area contributed by atoms with E-state index in [0.717, 1.165) is 11.3 Å². The summed E-state index contributed by atoms with van der Waals surface area (Å²) in [6.45, 7) is -0.0848. The van der Waals surface area contributed by atoms with Gasteiger partial charge in [-0.1, -0.05) is 0 Å². The van der Waals surface area contributed by atoms with E-state index in [4.69, 9.17) is 5.73 Å². The Bertz CT molecular complexity index is 562. The van der Waals surface area contributed by atoms with Crippen LogP contribution in [0.1, 0.15) is 11.6 Å². The van der Waals surface area contributed by atoms with Gasteiger partial charge in [0.2, 0.25) is 0 Å². The number of nitrogens with zero attached hydrogens (tertiary/aromatic N) is 2. The van der Waals surface area contributed by atoms with Crippen molar-refractivity contribution in [1.29, 1.82) is 0 Å². The number of fused-ring (bicyclic) bond motifs is 1. The predicted octanol–water partition coefficient (Wildman–Crippen LogP) is -0.113. The second kappa shape index (κ2) is 6.89. The zero-order chi connectivity index (χ0) is 14.5. The third-order valence-electron chi connectivity index (χ3n) is 3.11. The van der Waals surface area contributed by atoms with Gasteiger partial charge < -0.3 is 26.2 Å². The Kier molecular flexibility index (Phi) is 5.18. The number of nitrogen functional groups attached to an aromatic ring is 1. The molecule has 0 bridgehead atoms. The normalized spacial score (nSPS) is 14.6. The number of nitrogens with two attached hydrogens (primary N) is 1. The number of aliphatic hydroxyl groups is 2. The van der Waals surface area contributed by atoms with Gasteiger partial charge in [0.1, 0.15) is 11.8 Å². The summed E-state index contributed by atoms with van der Waals surface area (Å²) in [4.78, 5) is 11.2. The molecule has 6 N–H and O–H groups in total. The first-order valence-electron chi connectivity index (χ1n) is 6.25. The molecule has 0 aliphatic rings. The minimum absolute atomic E-state index is 0.0107. The molecule has 0 spiro atoms. The molecule has 0 aliphatic carbocycles. The zero-order valence-electron chi connectivity index (χ0n) is 11.2. The highest BCUT2D eigenvalue weighted by atomic mass is 32.2. The van der Waals surface area contributed by atoms with Crippen LogP contribution in [0.3, 0.4) is 0 Å². The van der Waals surface area contributed by atoms with E-state index in [1.807, 2.05) is 6.26 Å². The van der Waals surface area contributed by atoms with E-state index in [-0.39, 0.29) is 25.3 Å². The average molecular weight is 297 g/mol. The number of hydrogen-bond donors (Lipinski definition) is 5. The van der Waals surface area contributed by atoms with E-state index in [9.17, 15) is 10.2 Å². The van der Waals surface area contributed by atoms with Crippen molar-refractivity contribution in [2.75, 3.05) is 31.0 Å². The van der Waals surface area contributed by atoms with Gasteiger partial charge in [-0.25, -0.2) is 9.97 Å². The van der Waals surface area contributed by atoms with Crippen LogP contribution in [0.25, 0.3) is 11.0 Å². The average Bonchev–Trinajstić information content (AvgIpc) is 2.89. The van der Waals surface area contributed by atoms with Crippen LogP contribution < -0.4 is 11.1 Å². The first-order valence-corrected chi connectivity index (χ1v) is 7.64. The number of hydrogen-bond acceptors (Lipinski definition) is 7.